The Morgan fingerprint density at radius 2 is 1.79 bits per heavy atom. The first-order valence-corrected chi connectivity index (χ1v) is 9.86. The van der Waals surface area contributed by atoms with Crippen LogP contribution in [0.5, 0.6) is 0 Å². The maximum absolute atomic E-state index is 12.6. The van der Waals surface area contributed by atoms with Crippen LogP contribution in [0.4, 0.5) is 18.0 Å². The maximum atomic E-state index is 12.6. The number of alkyl halides is 3. The molecule has 1 aromatic rings. The summed E-state index contributed by atoms with van der Waals surface area (Å²) in [4.78, 5) is 24.2. The maximum Gasteiger partial charge on any atom is 0.416 e. The van der Waals surface area contributed by atoms with Gasteiger partial charge in [-0.2, -0.15) is 13.2 Å². The van der Waals surface area contributed by atoms with Crippen LogP contribution in [0.3, 0.4) is 0 Å². The van der Waals surface area contributed by atoms with Crippen LogP contribution in [0.15, 0.2) is 29.2 Å². The van der Waals surface area contributed by atoms with Gasteiger partial charge in [0.1, 0.15) is 11.9 Å². The highest BCUT2D eigenvalue weighted by Gasteiger charge is 2.39. The van der Waals surface area contributed by atoms with E-state index in [-0.39, 0.29) is 17.9 Å². The Morgan fingerprint density at radius 1 is 1.21 bits per heavy atom. The summed E-state index contributed by atoms with van der Waals surface area (Å²) in [6, 6.07) is 1.39. The highest BCUT2D eigenvalue weighted by atomic mass is 32.2. The largest absolute Gasteiger partial charge is 0.444 e. The first kappa shape index (κ1) is 22.2. The van der Waals surface area contributed by atoms with Crippen molar-refractivity contribution < 1.29 is 35.9 Å². The van der Waals surface area contributed by atoms with Gasteiger partial charge in [0, 0.05) is 12.6 Å². The molecule has 0 spiro atoms. The molecule has 0 saturated carbocycles. The predicted octanol–water partition coefficient (Wildman–Crippen LogP) is 2.56. The SMILES string of the molecule is CC(C)(C)OC(=O)N1C[C@H](NS(=O)(=O)c2ccc(C(F)(F)F)cc2)C[C@H]1C=O. The molecule has 1 amide bonds. The van der Waals surface area contributed by atoms with Crippen molar-refractivity contribution >= 4 is 22.4 Å². The Morgan fingerprint density at radius 3 is 2.25 bits per heavy atom. The normalized spacial score (nSPS) is 20.9. The number of aldehydes is 1. The molecule has 28 heavy (non-hydrogen) atoms. The molecule has 0 aromatic heterocycles. The van der Waals surface area contributed by atoms with Gasteiger partial charge in [-0.05, 0) is 51.5 Å². The lowest BCUT2D eigenvalue weighted by Gasteiger charge is -2.26. The smallest absolute Gasteiger partial charge is 0.416 e. The van der Waals surface area contributed by atoms with Crippen LogP contribution in [-0.4, -0.2) is 49.9 Å². The zero-order chi connectivity index (χ0) is 21.3. The van der Waals surface area contributed by atoms with E-state index in [1.807, 2.05) is 0 Å². The van der Waals surface area contributed by atoms with Crippen molar-refractivity contribution in [1.29, 1.82) is 0 Å². The van der Waals surface area contributed by atoms with E-state index in [9.17, 15) is 31.2 Å². The summed E-state index contributed by atoms with van der Waals surface area (Å²) in [6.45, 7) is 4.86. The molecule has 156 valence electrons. The van der Waals surface area contributed by atoms with E-state index in [0.29, 0.717) is 18.4 Å². The minimum atomic E-state index is -4.58. The molecule has 1 aliphatic heterocycles. The van der Waals surface area contributed by atoms with Gasteiger partial charge in [0.05, 0.1) is 16.5 Å². The number of nitrogens with zero attached hydrogens (tertiary/aromatic N) is 1. The molecule has 1 fully saturated rings. The van der Waals surface area contributed by atoms with Crippen LogP contribution >= 0.6 is 0 Å². The molecule has 0 bridgehead atoms. The van der Waals surface area contributed by atoms with E-state index in [2.05, 4.69) is 4.72 Å². The monoisotopic (exact) mass is 422 g/mol. The number of likely N-dealkylation sites (tertiary alicyclic amines) is 1. The first-order chi connectivity index (χ1) is 12.7. The molecule has 0 aliphatic carbocycles. The van der Waals surface area contributed by atoms with Gasteiger partial charge in [-0.3, -0.25) is 4.90 Å². The van der Waals surface area contributed by atoms with Gasteiger partial charge in [-0.1, -0.05) is 0 Å². The summed E-state index contributed by atoms with van der Waals surface area (Å²) >= 11 is 0. The van der Waals surface area contributed by atoms with Gasteiger partial charge < -0.3 is 9.53 Å². The molecule has 2 atom stereocenters. The van der Waals surface area contributed by atoms with Crippen LogP contribution in [0.1, 0.15) is 32.8 Å². The van der Waals surface area contributed by atoms with Crippen molar-refractivity contribution in [2.75, 3.05) is 6.54 Å². The lowest BCUT2D eigenvalue weighted by Crippen LogP contribution is -2.42. The summed E-state index contributed by atoms with van der Waals surface area (Å²) in [7, 11) is -4.13. The van der Waals surface area contributed by atoms with Gasteiger partial charge in [0.25, 0.3) is 0 Å². The number of carbonyl (C=O) groups is 2. The topological polar surface area (TPSA) is 92.8 Å². The van der Waals surface area contributed by atoms with E-state index >= 15 is 0 Å². The van der Waals surface area contributed by atoms with Gasteiger partial charge >= 0.3 is 12.3 Å². The summed E-state index contributed by atoms with van der Waals surface area (Å²) in [5, 5.41) is 0. The summed E-state index contributed by atoms with van der Waals surface area (Å²) in [5.74, 6) is 0. The van der Waals surface area contributed by atoms with E-state index < -0.39 is 45.5 Å². The molecule has 0 unspecified atom stereocenters. The predicted molar refractivity (Wildman–Crippen MR) is 93.0 cm³/mol. The van der Waals surface area contributed by atoms with Crippen molar-refractivity contribution in [2.24, 2.45) is 0 Å². The summed E-state index contributed by atoms with van der Waals surface area (Å²) in [5.41, 5.74) is -1.76. The molecule has 1 aromatic carbocycles. The summed E-state index contributed by atoms with van der Waals surface area (Å²) in [6.07, 6.45) is -4.77. The fourth-order valence-corrected chi connectivity index (χ4v) is 3.96. The number of nitrogens with one attached hydrogen (secondary N) is 1. The highest BCUT2D eigenvalue weighted by molar-refractivity contribution is 7.89. The lowest BCUT2D eigenvalue weighted by molar-refractivity contribution is -0.137. The molecule has 1 saturated heterocycles. The lowest BCUT2D eigenvalue weighted by atomic mass is 10.2. The van der Waals surface area contributed by atoms with Crippen molar-refractivity contribution in [3.8, 4) is 0 Å². The third-order valence-corrected chi connectivity index (χ3v) is 5.48. The molecule has 0 radical (unpaired) electrons. The zero-order valence-electron chi connectivity index (χ0n) is 15.5. The Labute approximate surface area is 160 Å². The van der Waals surface area contributed by atoms with Crippen LogP contribution in [0, 0.1) is 0 Å². The van der Waals surface area contributed by atoms with Gasteiger partial charge in [-0.15, -0.1) is 0 Å². The zero-order valence-corrected chi connectivity index (χ0v) is 16.3. The number of benzene rings is 1. The second-order valence-corrected chi connectivity index (χ2v) is 9.13. The molecule has 2 rings (SSSR count). The molecule has 1 heterocycles. The molecule has 11 heteroatoms. The molecular formula is C17H21F3N2O5S. The molecule has 1 N–H and O–H groups in total. The number of sulfonamides is 1. The van der Waals surface area contributed by atoms with Gasteiger partial charge in [-0.25, -0.2) is 17.9 Å². The first-order valence-electron chi connectivity index (χ1n) is 8.37. The van der Waals surface area contributed by atoms with E-state index in [1.165, 1.54) is 0 Å². The third kappa shape index (κ3) is 5.44. The fraction of sp³-hybridized carbons (Fsp3) is 0.529. The minimum absolute atomic E-state index is 0.0304. The quantitative estimate of drug-likeness (QED) is 0.753. The number of carbonyl (C=O) groups excluding carboxylic acids is 2. The van der Waals surface area contributed by atoms with Gasteiger partial charge in [0.15, 0.2) is 0 Å². The number of hydrogen-bond acceptors (Lipinski definition) is 5. The van der Waals surface area contributed by atoms with E-state index in [4.69, 9.17) is 4.74 Å². The Kier molecular flexibility index (Phi) is 6.10. The van der Waals surface area contributed by atoms with Crippen LogP contribution < -0.4 is 4.72 Å². The molecular weight excluding hydrogens is 401 g/mol. The Balaban J connectivity index is 2.12. The Bertz CT molecular complexity index is 832. The highest BCUT2D eigenvalue weighted by Crippen LogP contribution is 2.30. The second-order valence-electron chi connectivity index (χ2n) is 7.41. The van der Waals surface area contributed by atoms with Crippen molar-refractivity contribution in [2.45, 2.75) is 55.9 Å². The van der Waals surface area contributed by atoms with Crippen LogP contribution in [0.25, 0.3) is 0 Å². The number of ether oxygens (including phenoxy) is 1. The van der Waals surface area contributed by atoms with E-state index in [1.54, 1.807) is 20.8 Å². The third-order valence-electron chi connectivity index (χ3n) is 3.94. The molecule has 1 aliphatic rings. The van der Waals surface area contributed by atoms with E-state index in [0.717, 1.165) is 17.0 Å². The average molecular weight is 422 g/mol. The standard InChI is InChI=1S/C17H21F3N2O5S/c1-16(2,3)27-15(24)22-9-12(8-13(22)10-23)21-28(25,26)14-6-4-11(5-7-14)17(18,19)20/h4-7,10,12-13,21H,8-9H2,1-3H3/t12-,13+/m1/s1. The average Bonchev–Trinajstić information content (AvgIpc) is 2.95. The van der Waals surface area contributed by atoms with Crippen molar-refractivity contribution in [3.63, 3.8) is 0 Å². The summed E-state index contributed by atoms with van der Waals surface area (Å²) < 4.78 is 70.2. The fourth-order valence-electron chi connectivity index (χ4n) is 2.72. The van der Waals surface area contributed by atoms with Crippen molar-refractivity contribution in [3.05, 3.63) is 29.8 Å². The van der Waals surface area contributed by atoms with Gasteiger partial charge in [0.2, 0.25) is 10.0 Å². The second kappa shape index (κ2) is 7.70. The minimum Gasteiger partial charge on any atom is -0.444 e. The Hall–Kier alpha value is -2.14. The number of amides is 1. The number of rotatable bonds is 4. The number of halogens is 3. The number of hydrogen-bond donors (Lipinski definition) is 1. The molecule has 7 nitrogen and oxygen atoms in total. The van der Waals surface area contributed by atoms with Crippen molar-refractivity contribution in [1.82, 2.24) is 9.62 Å². The van der Waals surface area contributed by atoms with Crippen LogP contribution in [0.2, 0.25) is 0 Å². The van der Waals surface area contributed by atoms with Crippen LogP contribution in [-0.2, 0) is 25.7 Å².